The zero-order chi connectivity index (χ0) is 15.8. The van der Waals surface area contributed by atoms with Crippen LogP contribution >= 0.6 is 0 Å². The average Bonchev–Trinajstić information content (AvgIpc) is 2.92. The van der Waals surface area contributed by atoms with Gasteiger partial charge in [0.1, 0.15) is 11.2 Å². The van der Waals surface area contributed by atoms with Gasteiger partial charge in [-0.2, -0.15) is 0 Å². The average molecular weight is 300 g/mol. The van der Waals surface area contributed by atoms with Crippen LogP contribution in [0.5, 0.6) is 0 Å². The Bertz CT molecular complexity index is 976. The van der Waals surface area contributed by atoms with E-state index in [-0.39, 0.29) is 0 Å². The van der Waals surface area contributed by atoms with Gasteiger partial charge in [0.2, 0.25) is 0 Å². The van der Waals surface area contributed by atoms with Gasteiger partial charge in [-0.1, -0.05) is 62.4 Å². The third-order valence-corrected chi connectivity index (χ3v) is 4.28. The summed E-state index contributed by atoms with van der Waals surface area (Å²) in [6.45, 7) is 4.52. The molecule has 0 atom stereocenters. The third kappa shape index (κ3) is 2.63. The van der Waals surface area contributed by atoms with Gasteiger partial charge in [0.15, 0.2) is 0 Å². The van der Waals surface area contributed by atoms with Crippen molar-refractivity contribution in [2.45, 2.75) is 20.3 Å². The number of hydrogen-bond acceptors (Lipinski definition) is 1. The van der Waals surface area contributed by atoms with Crippen molar-refractivity contribution in [2.24, 2.45) is 5.92 Å². The first-order valence-electron chi connectivity index (χ1n) is 8.21. The van der Waals surface area contributed by atoms with Gasteiger partial charge in [0, 0.05) is 10.8 Å². The minimum atomic E-state index is 0.672. The molecule has 114 valence electrons. The van der Waals surface area contributed by atoms with Gasteiger partial charge in [0.05, 0.1) is 0 Å². The molecule has 1 heterocycles. The summed E-state index contributed by atoms with van der Waals surface area (Å²) < 4.78 is 5.92. The van der Waals surface area contributed by atoms with E-state index in [2.05, 4.69) is 68.4 Å². The minimum absolute atomic E-state index is 0.672. The molecule has 3 aromatic carbocycles. The molecule has 0 aliphatic rings. The Kier molecular flexibility index (Phi) is 3.42. The number of rotatable bonds is 3. The van der Waals surface area contributed by atoms with E-state index in [0.717, 1.165) is 17.6 Å². The molecule has 0 radical (unpaired) electrons. The molecule has 0 saturated carbocycles. The smallest absolute Gasteiger partial charge is 0.135 e. The number of benzene rings is 3. The van der Waals surface area contributed by atoms with Gasteiger partial charge in [-0.05, 0) is 47.2 Å². The molecule has 0 N–H and O–H groups in total. The van der Waals surface area contributed by atoms with Crippen molar-refractivity contribution >= 4 is 21.9 Å². The van der Waals surface area contributed by atoms with Crippen LogP contribution in [0.4, 0.5) is 0 Å². The predicted molar refractivity (Wildman–Crippen MR) is 97.7 cm³/mol. The third-order valence-electron chi connectivity index (χ3n) is 4.28. The van der Waals surface area contributed by atoms with E-state index >= 15 is 0 Å². The highest BCUT2D eigenvalue weighted by molar-refractivity contribution is 6.06. The van der Waals surface area contributed by atoms with Gasteiger partial charge >= 0.3 is 0 Å². The van der Waals surface area contributed by atoms with Gasteiger partial charge in [0.25, 0.3) is 0 Å². The first kappa shape index (κ1) is 14.1. The molecule has 0 fully saturated rings. The Morgan fingerprint density at radius 3 is 2.39 bits per heavy atom. The second-order valence-corrected chi connectivity index (χ2v) is 6.61. The second kappa shape index (κ2) is 5.58. The van der Waals surface area contributed by atoms with E-state index < -0.39 is 0 Å². The van der Waals surface area contributed by atoms with Crippen molar-refractivity contribution in [3.63, 3.8) is 0 Å². The Hall–Kier alpha value is -2.54. The molecule has 1 heteroatoms. The van der Waals surface area contributed by atoms with Crippen LogP contribution in [0.15, 0.2) is 71.1 Å². The maximum Gasteiger partial charge on any atom is 0.135 e. The summed E-state index contributed by atoms with van der Waals surface area (Å²) in [4.78, 5) is 0. The molecule has 0 bridgehead atoms. The summed E-state index contributed by atoms with van der Waals surface area (Å²) in [7, 11) is 0. The summed E-state index contributed by atoms with van der Waals surface area (Å²) >= 11 is 0. The first-order valence-corrected chi connectivity index (χ1v) is 8.21. The highest BCUT2D eigenvalue weighted by atomic mass is 16.3. The van der Waals surface area contributed by atoms with Crippen molar-refractivity contribution in [1.29, 1.82) is 0 Å². The molecule has 0 spiro atoms. The van der Waals surface area contributed by atoms with Crippen LogP contribution in [0, 0.1) is 5.92 Å². The van der Waals surface area contributed by atoms with Gasteiger partial charge in [-0.25, -0.2) is 0 Å². The standard InChI is InChI=1S/C22H20O/c1-15(2)12-16-6-5-7-17(13-16)18-10-11-22-20(14-18)19-8-3-4-9-21(19)23-22/h3-11,13-15H,12H2,1-2H3. The summed E-state index contributed by atoms with van der Waals surface area (Å²) in [6.07, 6.45) is 1.12. The van der Waals surface area contributed by atoms with E-state index in [1.807, 2.05) is 12.1 Å². The summed E-state index contributed by atoms with van der Waals surface area (Å²) in [5.41, 5.74) is 5.82. The maximum absolute atomic E-state index is 5.92. The Morgan fingerprint density at radius 2 is 1.52 bits per heavy atom. The van der Waals surface area contributed by atoms with Crippen molar-refractivity contribution in [2.75, 3.05) is 0 Å². The lowest BCUT2D eigenvalue weighted by Crippen LogP contribution is -1.93. The number of fused-ring (bicyclic) bond motifs is 3. The lowest BCUT2D eigenvalue weighted by atomic mass is 9.97. The summed E-state index contributed by atoms with van der Waals surface area (Å²) in [5, 5.41) is 2.37. The van der Waals surface area contributed by atoms with Crippen LogP contribution in [0.25, 0.3) is 33.1 Å². The molecule has 1 nitrogen and oxygen atoms in total. The Morgan fingerprint density at radius 1 is 0.739 bits per heavy atom. The van der Waals surface area contributed by atoms with Crippen LogP contribution in [-0.4, -0.2) is 0 Å². The fraction of sp³-hybridized carbons (Fsp3) is 0.182. The number of furan rings is 1. The van der Waals surface area contributed by atoms with Gasteiger partial charge in [-0.15, -0.1) is 0 Å². The largest absolute Gasteiger partial charge is 0.456 e. The van der Waals surface area contributed by atoms with E-state index in [9.17, 15) is 0 Å². The molecular formula is C22H20O. The second-order valence-electron chi connectivity index (χ2n) is 6.61. The zero-order valence-electron chi connectivity index (χ0n) is 13.5. The molecule has 0 unspecified atom stereocenters. The summed E-state index contributed by atoms with van der Waals surface area (Å²) in [6, 6.07) is 23.6. The maximum atomic E-state index is 5.92. The van der Waals surface area contributed by atoms with E-state index in [1.165, 1.54) is 27.5 Å². The van der Waals surface area contributed by atoms with E-state index in [0.29, 0.717) is 5.92 Å². The molecule has 0 saturated heterocycles. The molecular weight excluding hydrogens is 280 g/mol. The summed E-state index contributed by atoms with van der Waals surface area (Å²) in [5.74, 6) is 0.672. The SMILES string of the molecule is CC(C)Cc1cccc(-c2ccc3oc4ccccc4c3c2)c1. The fourth-order valence-corrected chi connectivity index (χ4v) is 3.25. The molecule has 23 heavy (non-hydrogen) atoms. The van der Waals surface area contributed by atoms with Gasteiger partial charge in [-0.3, -0.25) is 0 Å². The molecule has 1 aromatic heterocycles. The van der Waals surface area contributed by atoms with Crippen LogP contribution < -0.4 is 0 Å². The van der Waals surface area contributed by atoms with Crippen molar-refractivity contribution < 1.29 is 4.42 Å². The highest BCUT2D eigenvalue weighted by Gasteiger charge is 2.08. The van der Waals surface area contributed by atoms with Crippen molar-refractivity contribution in [1.82, 2.24) is 0 Å². The molecule has 0 aliphatic heterocycles. The normalized spacial score (nSPS) is 11.6. The highest BCUT2D eigenvalue weighted by Crippen LogP contribution is 2.32. The lowest BCUT2D eigenvalue weighted by molar-refractivity contribution is 0.647. The Labute approximate surface area is 136 Å². The van der Waals surface area contributed by atoms with Crippen LogP contribution in [0.1, 0.15) is 19.4 Å². The zero-order valence-corrected chi connectivity index (χ0v) is 13.5. The van der Waals surface area contributed by atoms with E-state index in [1.54, 1.807) is 0 Å². The van der Waals surface area contributed by atoms with Crippen LogP contribution in [0.2, 0.25) is 0 Å². The monoisotopic (exact) mass is 300 g/mol. The molecule has 0 aliphatic carbocycles. The fourth-order valence-electron chi connectivity index (χ4n) is 3.25. The molecule has 4 aromatic rings. The molecule has 4 rings (SSSR count). The topological polar surface area (TPSA) is 13.1 Å². The number of para-hydroxylation sites is 1. The van der Waals surface area contributed by atoms with Crippen LogP contribution in [0.3, 0.4) is 0 Å². The van der Waals surface area contributed by atoms with Crippen molar-refractivity contribution in [3.05, 3.63) is 72.3 Å². The quantitative estimate of drug-likeness (QED) is 0.423. The minimum Gasteiger partial charge on any atom is -0.456 e. The first-order chi connectivity index (χ1) is 11.2. The van der Waals surface area contributed by atoms with Gasteiger partial charge < -0.3 is 4.42 Å². The predicted octanol–water partition coefficient (Wildman–Crippen LogP) is 6.45. The Balaban J connectivity index is 1.84. The van der Waals surface area contributed by atoms with Crippen LogP contribution in [-0.2, 0) is 6.42 Å². The number of hydrogen-bond donors (Lipinski definition) is 0. The van der Waals surface area contributed by atoms with Crippen molar-refractivity contribution in [3.8, 4) is 11.1 Å². The lowest BCUT2D eigenvalue weighted by Gasteiger charge is -2.08. The van der Waals surface area contributed by atoms with E-state index in [4.69, 9.17) is 4.42 Å². The molecule has 0 amide bonds.